The molecule has 248 valence electrons. The molecule has 0 radical (unpaired) electrons. The van der Waals surface area contributed by atoms with E-state index in [1.54, 1.807) is 24.3 Å². The van der Waals surface area contributed by atoms with Gasteiger partial charge in [-0.3, -0.25) is 29.4 Å². The Bertz CT molecular complexity index is 1620. The molecule has 3 aromatic rings. The number of ether oxygens (including phenoxy) is 2. The second-order valence-corrected chi connectivity index (χ2v) is 11.0. The van der Waals surface area contributed by atoms with Crippen molar-refractivity contribution in [2.45, 2.75) is 38.1 Å². The lowest BCUT2D eigenvalue weighted by Gasteiger charge is -2.25. The number of likely N-dealkylation sites (tertiary alicyclic amines) is 1. The SMILES string of the molecule is CC(=O)ONC(=N)c1csc([C@@H](NC(=O)[C@@H]2C[C@@H](OC(F)F)CN2C(=O)CNC(=O)c2ccc(Oc3ccccc3)cc2)C(N)=O)c1. The smallest absolute Gasteiger partial charge is 0.345 e. The third-order valence-corrected chi connectivity index (χ3v) is 7.73. The maximum absolute atomic E-state index is 13.4. The molecule has 14 nitrogen and oxygen atoms in total. The molecule has 1 fully saturated rings. The Morgan fingerprint density at radius 2 is 1.72 bits per heavy atom. The zero-order valence-corrected chi connectivity index (χ0v) is 25.6. The van der Waals surface area contributed by atoms with Gasteiger partial charge in [0.1, 0.15) is 23.6 Å². The topological polar surface area (TPSA) is 202 Å². The number of nitrogens with one attached hydrogen (secondary N) is 4. The fraction of sp³-hybridized carbons (Fsp3) is 0.267. The standard InChI is InChI=1S/C30H30F2N6O8S/c1-16(39)46-37-26(33)18-11-23(47-15-18)25(27(34)41)36-29(43)22-12-21(45-30(31)32)14-38(22)24(40)13-35-28(42)17-7-9-20(10-8-17)44-19-5-3-2-4-6-19/h2-11,15,21-22,25,30H,12-14H2,1H3,(H2,33,37)(H2,34,41)(H,35,42)(H,36,43)/t21-,22+,25-/m1/s1. The van der Waals surface area contributed by atoms with E-state index in [9.17, 15) is 32.8 Å². The Morgan fingerprint density at radius 1 is 1.04 bits per heavy atom. The Kier molecular flexibility index (Phi) is 11.5. The summed E-state index contributed by atoms with van der Waals surface area (Å²) in [6.45, 7) is -3.00. The molecule has 4 amide bonds. The number of rotatable bonds is 12. The molecule has 0 aliphatic carbocycles. The summed E-state index contributed by atoms with van der Waals surface area (Å²) in [6.07, 6.45) is -1.53. The van der Waals surface area contributed by atoms with Crippen LogP contribution in [0.3, 0.4) is 0 Å². The van der Waals surface area contributed by atoms with Crippen molar-refractivity contribution in [2.75, 3.05) is 13.1 Å². The highest BCUT2D eigenvalue weighted by Crippen LogP contribution is 2.26. The summed E-state index contributed by atoms with van der Waals surface area (Å²) in [5.41, 5.74) is 8.08. The van der Waals surface area contributed by atoms with Gasteiger partial charge in [-0.05, 0) is 42.5 Å². The maximum Gasteiger partial charge on any atom is 0.345 e. The van der Waals surface area contributed by atoms with E-state index in [1.807, 2.05) is 18.2 Å². The van der Waals surface area contributed by atoms with E-state index in [1.165, 1.54) is 23.6 Å². The van der Waals surface area contributed by atoms with Crippen molar-refractivity contribution in [3.8, 4) is 11.5 Å². The van der Waals surface area contributed by atoms with E-state index in [0.29, 0.717) is 11.5 Å². The van der Waals surface area contributed by atoms with E-state index >= 15 is 0 Å². The number of thiophene rings is 1. The van der Waals surface area contributed by atoms with Crippen LogP contribution in [0, 0.1) is 5.41 Å². The van der Waals surface area contributed by atoms with Crippen LogP contribution in [0.4, 0.5) is 8.78 Å². The van der Waals surface area contributed by atoms with Crippen molar-refractivity contribution in [3.63, 3.8) is 0 Å². The zero-order chi connectivity index (χ0) is 34.1. The molecule has 0 unspecified atom stereocenters. The molecule has 1 aliphatic heterocycles. The van der Waals surface area contributed by atoms with Crippen LogP contribution in [0.2, 0.25) is 0 Å². The lowest BCUT2D eigenvalue weighted by molar-refractivity contribution is -0.160. The van der Waals surface area contributed by atoms with Crippen LogP contribution < -0.4 is 26.6 Å². The van der Waals surface area contributed by atoms with Gasteiger partial charge in [-0.1, -0.05) is 18.2 Å². The van der Waals surface area contributed by atoms with Crippen LogP contribution >= 0.6 is 11.3 Å². The van der Waals surface area contributed by atoms with Gasteiger partial charge >= 0.3 is 12.6 Å². The summed E-state index contributed by atoms with van der Waals surface area (Å²) < 4.78 is 36.3. The highest BCUT2D eigenvalue weighted by Gasteiger charge is 2.42. The zero-order valence-electron chi connectivity index (χ0n) is 24.7. The molecule has 3 atom stereocenters. The number of carbonyl (C=O) groups is 5. The minimum absolute atomic E-state index is 0.207. The number of nitrogens with zero attached hydrogens (tertiary/aromatic N) is 1. The number of nitrogens with two attached hydrogens (primary N) is 1. The lowest BCUT2D eigenvalue weighted by Crippen LogP contribution is -2.50. The summed E-state index contributed by atoms with van der Waals surface area (Å²) in [5, 5.41) is 14.3. The number of para-hydroxylation sites is 1. The Hall–Kier alpha value is -5.42. The summed E-state index contributed by atoms with van der Waals surface area (Å²) in [6, 6.07) is 13.7. The van der Waals surface area contributed by atoms with Gasteiger partial charge in [-0.15, -0.1) is 11.3 Å². The van der Waals surface area contributed by atoms with Gasteiger partial charge in [-0.2, -0.15) is 8.78 Å². The van der Waals surface area contributed by atoms with Crippen LogP contribution in [0.15, 0.2) is 66.0 Å². The van der Waals surface area contributed by atoms with Crippen molar-refractivity contribution < 1.29 is 47.1 Å². The van der Waals surface area contributed by atoms with Crippen molar-refractivity contribution in [1.82, 2.24) is 21.0 Å². The molecule has 6 N–H and O–H groups in total. The number of primary amides is 1. The molecule has 0 spiro atoms. The number of hydrogen-bond donors (Lipinski definition) is 5. The highest BCUT2D eigenvalue weighted by atomic mass is 32.1. The molecular formula is C30H30F2N6O8S. The van der Waals surface area contributed by atoms with Gasteiger partial charge in [0.05, 0.1) is 12.6 Å². The summed E-state index contributed by atoms with van der Waals surface area (Å²) in [4.78, 5) is 68.3. The first kappa shape index (κ1) is 34.5. The number of halogens is 2. The van der Waals surface area contributed by atoms with Gasteiger partial charge < -0.3 is 35.6 Å². The Labute approximate surface area is 270 Å². The van der Waals surface area contributed by atoms with Crippen molar-refractivity contribution in [1.29, 1.82) is 5.41 Å². The first-order chi connectivity index (χ1) is 22.4. The van der Waals surface area contributed by atoms with Gasteiger partial charge in [0.15, 0.2) is 5.84 Å². The Balaban J connectivity index is 1.40. The van der Waals surface area contributed by atoms with Gasteiger partial charge in [0.25, 0.3) is 5.91 Å². The first-order valence-corrected chi connectivity index (χ1v) is 14.8. The minimum Gasteiger partial charge on any atom is -0.457 e. The second kappa shape index (κ2) is 15.7. The van der Waals surface area contributed by atoms with Crippen molar-refractivity contribution >= 4 is 46.8 Å². The molecule has 4 rings (SSSR count). The van der Waals surface area contributed by atoms with E-state index in [2.05, 4.69) is 25.7 Å². The van der Waals surface area contributed by atoms with Gasteiger partial charge in [-0.25, -0.2) is 5.48 Å². The number of hydrogen-bond acceptors (Lipinski definition) is 10. The average Bonchev–Trinajstić information content (AvgIpc) is 3.69. The van der Waals surface area contributed by atoms with E-state index in [4.69, 9.17) is 15.9 Å². The number of carbonyl (C=O) groups excluding carboxylic acids is 5. The number of benzene rings is 2. The van der Waals surface area contributed by atoms with Gasteiger partial charge in [0.2, 0.25) is 17.7 Å². The number of alkyl halides is 2. The van der Waals surface area contributed by atoms with E-state index in [-0.39, 0.29) is 34.8 Å². The summed E-state index contributed by atoms with van der Waals surface area (Å²) in [7, 11) is 0. The van der Waals surface area contributed by atoms with E-state index < -0.39 is 60.9 Å². The molecule has 0 bridgehead atoms. The van der Waals surface area contributed by atoms with Crippen LogP contribution in [0.5, 0.6) is 11.5 Å². The predicted octanol–water partition coefficient (Wildman–Crippen LogP) is 2.21. The van der Waals surface area contributed by atoms with Crippen LogP contribution in [0.25, 0.3) is 0 Å². The van der Waals surface area contributed by atoms with Crippen molar-refractivity contribution in [3.05, 3.63) is 82.0 Å². The molecule has 1 aliphatic rings. The number of hydroxylamine groups is 1. The molecule has 1 aromatic heterocycles. The predicted molar refractivity (Wildman–Crippen MR) is 162 cm³/mol. The van der Waals surface area contributed by atoms with Crippen LogP contribution in [-0.4, -0.2) is 72.2 Å². The first-order valence-electron chi connectivity index (χ1n) is 14.0. The molecule has 0 saturated carbocycles. The number of amides is 4. The summed E-state index contributed by atoms with van der Waals surface area (Å²) >= 11 is 0.963. The van der Waals surface area contributed by atoms with Crippen LogP contribution in [-0.2, 0) is 28.8 Å². The number of amidine groups is 1. The molecular weight excluding hydrogens is 642 g/mol. The molecule has 2 aromatic carbocycles. The molecule has 2 heterocycles. The highest BCUT2D eigenvalue weighted by molar-refractivity contribution is 7.10. The van der Waals surface area contributed by atoms with Crippen molar-refractivity contribution in [2.24, 2.45) is 5.73 Å². The quantitative estimate of drug-likeness (QED) is 0.109. The fourth-order valence-corrected chi connectivity index (χ4v) is 5.52. The fourth-order valence-electron chi connectivity index (χ4n) is 4.56. The monoisotopic (exact) mass is 672 g/mol. The molecule has 17 heteroatoms. The third-order valence-electron chi connectivity index (χ3n) is 6.74. The Morgan fingerprint density at radius 3 is 2.36 bits per heavy atom. The van der Waals surface area contributed by atoms with E-state index in [0.717, 1.165) is 23.2 Å². The summed E-state index contributed by atoms with van der Waals surface area (Å²) in [5.74, 6) is -3.16. The molecule has 47 heavy (non-hydrogen) atoms. The minimum atomic E-state index is -3.17. The average molecular weight is 673 g/mol. The largest absolute Gasteiger partial charge is 0.457 e. The van der Waals surface area contributed by atoms with Gasteiger partial charge in [0, 0.05) is 41.3 Å². The second-order valence-electron chi connectivity index (χ2n) is 10.1. The normalized spacial score (nSPS) is 16.2. The molecule has 1 saturated heterocycles. The lowest BCUT2D eigenvalue weighted by atomic mass is 10.1. The van der Waals surface area contributed by atoms with Crippen LogP contribution in [0.1, 0.15) is 40.2 Å². The third kappa shape index (κ3) is 9.54. The maximum atomic E-state index is 13.4.